The molecule has 0 spiro atoms. The number of pyridine rings is 1. The summed E-state index contributed by atoms with van der Waals surface area (Å²) in [5.74, 6) is 0. The summed E-state index contributed by atoms with van der Waals surface area (Å²) in [6.07, 6.45) is 7.84. The second-order valence-corrected chi connectivity index (χ2v) is 8.15. The molecular formula is C20H25N3O2S. The average molecular weight is 372 g/mol. The van der Waals surface area contributed by atoms with Crippen LogP contribution in [-0.4, -0.2) is 24.3 Å². The number of nitrogens with zero attached hydrogens (tertiary/aromatic N) is 3. The lowest BCUT2D eigenvalue weighted by Gasteiger charge is -2.21. The van der Waals surface area contributed by atoms with Crippen molar-refractivity contribution in [1.29, 1.82) is 5.26 Å². The number of unbranched alkanes of at least 4 members (excludes halogenated alkanes) is 2. The molecule has 1 aromatic heterocycles. The van der Waals surface area contributed by atoms with Gasteiger partial charge >= 0.3 is 0 Å². The van der Waals surface area contributed by atoms with E-state index in [1.54, 1.807) is 30.6 Å². The van der Waals surface area contributed by atoms with E-state index in [9.17, 15) is 8.42 Å². The zero-order valence-corrected chi connectivity index (χ0v) is 16.0. The molecule has 0 saturated heterocycles. The molecular weight excluding hydrogens is 346 g/mol. The largest absolute Gasteiger partial charge is 0.264 e. The minimum atomic E-state index is -3.66. The summed E-state index contributed by atoms with van der Waals surface area (Å²) in [5.41, 5.74) is 1.94. The predicted molar refractivity (Wildman–Crippen MR) is 102 cm³/mol. The standard InChI is InChI=1S/C20H25N3O2S/c1-2-3-4-7-18-9-11-20(12-10-18)26(24,25)23(15-6-13-21)17-19-8-5-14-22-16-19/h5,8-12,14,16H,2-4,6-7,15,17H2,1H3. The molecule has 1 heterocycles. The molecule has 1 aromatic carbocycles. The Morgan fingerprint density at radius 1 is 1.12 bits per heavy atom. The van der Waals surface area contributed by atoms with Crippen molar-refractivity contribution in [2.75, 3.05) is 6.54 Å². The predicted octanol–water partition coefficient (Wildman–Crippen LogP) is 3.92. The van der Waals surface area contributed by atoms with E-state index in [4.69, 9.17) is 5.26 Å². The maximum Gasteiger partial charge on any atom is 0.243 e. The number of benzene rings is 1. The number of hydrogen-bond acceptors (Lipinski definition) is 4. The SMILES string of the molecule is CCCCCc1ccc(S(=O)(=O)N(CCC#N)Cc2cccnc2)cc1. The third-order valence-corrected chi connectivity index (χ3v) is 6.04. The Hall–Kier alpha value is -2.23. The molecule has 0 unspecified atom stereocenters. The van der Waals surface area contributed by atoms with Crippen molar-refractivity contribution in [2.45, 2.75) is 50.5 Å². The second kappa shape index (κ2) is 10.0. The molecule has 0 radical (unpaired) electrons. The molecule has 0 atom stereocenters. The van der Waals surface area contributed by atoms with Gasteiger partial charge in [0.25, 0.3) is 0 Å². The maximum atomic E-state index is 13.0. The highest BCUT2D eigenvalue weighted by atomic mass is 32.2. The Labute approximate surface area is 156 Å². The van der Waals surface area contributed by atoms with Crippen LogP contribution in [0.5, 0.6) is 0 Å². The first-order chi connectivity index (χ1) is 12.6. The molecule has 0 fully saturated rings. The first-order valence-electron chi connectivity index (χ1n) is 8.93. The van der Waals surface area contributed by atoms with Crippen LogP contribution in [0.25, 0.3) is 0 Å². The Balaban J connectivity index is 2.18. The fourth-order valence-corrected chi connectivity index (χ4v) is 4.14. The van der Waals surface area contributed by atoms with Crippen molar-refractivity contribution >= 4 is 10.0 Å². The van der Waals surface area contributed by atoms with Crippen LogP contribution < -0.4 is 0 Å². The van der Waals surface area contributed by atoms with Gasteiger partial charge in [-0.3, -0.25) is 4.98 Å². The van der Waals surface area contributed by atoms with Gasteiger partial charge < -0.3 is 0 Å². The van der Waals surface area contributed by atoms with Gasteiger partial charge in [0.1, 0.15) is 0 Å². The zero-order valence-electron chi connectivity index (χ0n) is 15.1. The smallest absolute Gasteiger partial charge is 0.243 e. The summed E-state index contributed by atoms with van der Waals surface area (Å²) in [4.78, 5) is 4.30. The number of aryl methyl sites for hydroxylation is 1. The van der Waals surface area contributed by atoms with Gasteiger partial charge in [0.15, 0.2) is 0 Å². The quantitative estimate of drug-likeness (QED) is 0.593. The summed E-state index contributed by atoms with van der Waals surface area (Å²) >= 11 is 0. The minimum Gasteiger partial charge on any atom is -0.264 e. The Morgan fingerprint density at radius 2 is 1.88 bits per heavy atom. The summed E-state index contributed by atoms with van der Waals surface area (Å²) in [6, 6.07) is 12.7. The highest BCUT2D eigenvalue weighted by molar-refractivity contribution is 7.89. The molecule has 0 amide bonds. The number of nitriles is 1. The van der Waals surface area contributed by atoms with E-state index in [2.05, 4.69) is 11.9 Å². The first-order valence-corrected chi connectivity index (χ1v) is 10.4. The van der Waals surface area contributed by atoms with E-state index in [-0.39, 0.29) is 24.4 Å². The minimum absolute atomic E-state index is 0.147. The van der Waals surface area contributed by atoms with E-state index in [1.807, 2.05) is 24.3 Å². The van der Waals surface area contributed by atoms with Crippen LogP contribution in [-0.2, 0) is 23.0 Å². The molecule has 2 aromatic rings. The van der Waals surface area contributed by atoms with Gasteiger partial charge in [-0.05, 0) is 42.2 Å². The fraction of sp³-hybridized carbons (Fsp3) is 0.400. The molecule has 26 heavy (non-hydrogen) atoms. The van der Waals surface area contributed by atoms with Crippen LogP contribution >= 0.6 is 0 Å². The number of hydrogen-bond donors (Lipinski definition) is 0. The van der Waals surface area contributed by atoms with Crippen LogP contribution in [0.15, 0.2) is 53.7 Å². The molecule has 0 N–H and O–H groups in total. The van der Waals surface area contributed by atoms with Gasteiger partial charge in [0.2, 0.25) is 10.0 Å². The fourth-order valence-electron chi connectivity index (χ4n) is 2.71. The van der Waals surface area contributed by atoms with Crippen molar-refractivity contribution in [3.63, 3.8) is 0 Å². The molecule has 0 aliphatic rings. The van der Waals surface area contributed by atoms with Gasteiger partial charge in [-0.1, -0.05) is 38.0 Å². The summed E-state index contributed by atoms with van der Waals surface area (Å²) in [5, 5.41) is 8.87. The van der Waals surface area contributed by atoms with E-state index < -0.39 is 10.0 Å². The molecule has 0 saturated carbocycles. The molecule has 138 valence electrons. The number of aromatic nitrogens is 1. The lowest BCUT2D eigenvalue weighted by molar-refractivity contribution is 0.413. The molecule has 0 bridgehead atoms. The molecule has 5 nitrogen and oxygen atoms in total. The molecule has 0 aliphatic carbocycles. The Morgan fingerprint density at radius 3 is 2.50 bits per heavy atom. The first kappa shape index (κ1) is 20.1. The summed E-state index contributed by atoms with van der Waals surface area (Å²) in [7, 11) is -3.66. The lowest BCUT2D eigenvalue weighted by Crippen LogP contribution is -2.31. The zero-order chi connectivity index (χ0) is 18.8. The van der Waals surface area contributed by atoms with Crippen molar-refractivity contribution in [3.05, 3.63) is 59.9 Å². The lowest BCUT2D eigenvalue weighted by atomic mass is 10.1. The van der Waals surface area contributed by atoms with Gasteiger partial charge in [0.05, 0.1) is 11.0 Å². The van der Waals surface area contributed by atoms with E-state index in [0.29, 0.717) is 0 Å². The van der Waals surface area contributed by atoms with Crippen molar-refractivity contribution in [1.82, 2.24) is 9.29 Å². The highest BCUT2D eigenvalue weighted by Gasteiger charge is 2.24. The van der Waals surface area contributed by atoms with Crippen LogP contribution in [0, 0.1) is 11.3 Å². The van der Waals surface area contributed by atoms with Crippen LogP contribution in [0.2, 0.25) is 0 Å². The van der Waals surface area contributed by atoms with E-state index in [0.717, 1.165) is 30.4 Å². The highest BCUT2D eigenvalue weighted by Crippen LogP contribution is 2.20. The number of sulfonamides is 1. The Kier molecular flexibility index (Phi) is 7.76. The van der Waals surface area contributed by atoms with Crippen molar-refractivity contribution in [2.24, 2.45) is 0 Å². The average Bonchev–Trinajstić information content (AvgIpc) is 2.66. The van der Waals surface area contributed by atoms with Crippen LogP contribution in [0.3, 0.4) is 0 Å². The second-order valence-electron chi connectivity index (χ2n) is 6.21. The van der Waals surface area contributed by atoms with Gasteiger partial charge in [0, 0.05) is 31.9 Å². The monoisotopic (exact) mass is 371 g/mol. The van der Waals surface area contributed by atoms with Gasteiger partial charge in [-0.2, -0.15) is 9.57 Å². The third kappa shape index (κ3) is 5.65. The number of rotatable bonds is 10. The summed E-state index contributed by atoms with van der Waals surface area (Å²) in [6.45, 7) is 2.52. The molecule has 6 heteroatoms. The van der Waals surface area contributed by atoms with Gasteiger partial charge in [-0.15, -0.1) is 0 Å². The third-order valence-electron chi connectivity index (χ3n) is 4.18. The molecule has 2 rings (SSSR count). The van der Waals surface area contributed by atoms with Gasteiger partial charge in [-0.25, -0.2) is 8.42 Å². The van der Waals surface area contributed by atoms with Crippen molar-refractivity contribution < 1.29 is 8.42 Å². The molecule has 0 aliphatic heterocycles. The maximum absolute atomic E-state index is 13.0. The topological polar surface area (TPSA) is 74.1 Å². The van der Waals surface area contributed by atoms with Crippen LogP contribution in [0.1, 0.15) is 43.7 Å². The Bertz CT molecular complexity index is 812. The van der Waals surface area contributed by atoms with E-state index >= 15 is 0 Å². The van der Waals surface area contributed by atoms with Crippen LogP contribution in [0.4, 0.5) is 0 Å². The summed E-state index contributed by atoms with van der Waals surface area (Å²) < 4.78 is 27.4. The van der Waals surface area contributed by atoms with Crippen molar-refractivity contribution in [3.8, 4) is 6.07 Å². The van der Waals surface area contributed by atoms with E-state index in [1.165, 1.54) is 10.7 Å². The normalized spacial score (nSPS) is 11.4.